The Morgan fingerprint density at radius 2 is 1.91 bits per heavy atom. The Bertz CT molecular complexity index is 159. The molecule has 0 aliphatic heterocycles. The Morgan fingerprint density at radius 1 is 1.36 bits per heavy atom. The lowest BCUT2D eigenvalue weighted by molar-refractivity contribution is -0.149. The van der Waals surface area contributed by atoms with Crippen molar-refractivity contribution in [3.63, 3.8) is 0 Å². The van der Waals surface area contributed by atoms with Crippen molar-refractivity contribution in [1.82, 2.24) is 0 Å². The number of carbonyl (C=O) groups is 2. The molecule has 0 aromatic carbocycles. The van der Waals surface area contributed by atoms with Crippen molar-refractivity contribution in [2.24, 2.45) is 0 Å². The van der Waals surface area contributed by atoms with Gasteiger partial charge >= 0.3 is 11.9 Å². The van der Waals surface area contributed by atoms with Crippen molar-refractivity contribution in [3.05, 3.63) is 0 Å². The Kier molecular flexibility index (Phi) is 4.93. The molecule has 0 aromatic heterocycles. The van der Waals surface area contributed by atoms with E-state index in [1.165, 1.54) is 0 Å². The maximum absolute atomic E-state index is 10.3. The molecule has 7 heteroatoms. The molecule has 0 saturated carbocycles. The van der Waals surface area contributed by atoms with Crippen LogP contribution in [-0.2, 0) is 18.2 Å². The lowest BCUT2D eigenvalue weighted by Crippen LogP contribution is -2.23. The highest BCUT2D eigenvalue weighted by Crippen LogP contribution is 1.99. The van der Waals surface area contributed by atoms with Gasteiger partial charge in [-0.2, -0.15) is 0 Å². The second kappa shape index (κ2) is 5.17. The smallest absolute Gasteiger partial charge is 0.353 e. The molecule has 64 valence electrons. The second-order valence-electron chi connectivity index (χ2n) is 1.57. The molecule has 0 saturated heterocycles. The van der Waals surface area contributed by atoms with Crippen LogP contribution >= 0.6 is 23.7 Å². The van der Waals surface area contributed by atoms with Gasteiger partial charge in [-0.1, -0.05) is 0 Å². The van der Waals surface area contributed by atoms with E-state index in [4.69, 9.17) is 5.11 Å². The average Bonchev–Trinajstić information content (AvgIpc) is 2.02. The molecular formula is C4H4Cl2O5. The molecule has 0 aliphatic rings. The highest BCUT2D eigenvalue weighted by atomic mass is 35.5. The lowest BCUT2D eigenvalue weighted by atomic mass is 10.3. The number of hydrogen-bond donors (Lipinski definition) is 1. The van der Waals surface area contributed by atoms with Crippen LogP contribution in [0.25, 0.3) is 0 Å². The molecule has 1 N–H and O–H groups in total. The summed E-state index contributed by atoms with van der Waals surface area (Å²) in [5.74, 6) is -2.07. The van der Waals surface area contributed by atoms with E-state index in [2.05, 4.69) is 32.3 Å². The summed E-state index contributed by atoms with van der Waals surface area (Å²) in [6.07, 6.45) is -2.23. The summed E-state index contributed by atoms with van der Waals surface area (Å²) in [5.41, 5.74) is 0. The molecule has 11 heavy (non-hydrogen) atoms. The van der Waals surface area contributed by atoms with E-state index < -0.39 is 24.5 Å². The van der Waals surface area contributed by atoms with Crippen molar-refractivity contribution in [1.29, 1.82) is 0 Å². The molecule has 0 aliphatic carbocycles. The number of halogens is 2. The molecule has 0 amide bonds. The minimum atomic E-state index is -1.64. The third-order valence-electron chi connectivity index (χ3n) is 0.794. The van der Waals surface area contributed by atoms with Gasteiger partial charge in [0.05, 0.1) is 6.42 Å². The molecule has 0 bridgehead atoms. The minimum absolute atomic E-state index is 0.588. The van der Waals surface area contributed by atoms with Gasteiger partial charge in [0.25, 0.3) is 0 Å². The summed E-state index contributed by atoms with van der Waals surface area (Å²) in [4.78, 5) is 20.6. The number of rotatable bonds is 3. The van der Waals surface area contributed by atoms with Crippen molar-refractivity contribution >= 4 is 35.7 Å². The Morgan fingerprint density at radius 3 is 2.27 bits per heavy atom. The molecule has 0 radical (unpaired) electrons. The molecule has 0 heterocycles. The normalized spacial score (nSPS) is 11.9. The van der Waals surface area contributed by atoms with E-state index in [-0.39, 0.29) is 0 Å². The predicted octanol–water partition coefficient (Wildman–Crippen LogP) is 0.131. The van der Waals surface area contributed by atoms with E-state index in [9.17, 15) is 9.59 Å². The highest BCUT2D eigenvalue weighted by Gasteiger charge is 2.21. The van der Waals surface area contributed by atoms with Crippen molar-refractivity contribution in [3.8, 4) is 0 Å². The number of carbonyl (C=O) groups excluding carboxylic acids is 2. The number of aliphatic hydroxyl groups excluding tert-OH is 1. The van der Waals surface area contributed by atoms with Crippen LogP contribution in [0.5, 0.6) is 0 Å². The summed E-state index contributed by atoms with van der Waals surface area (Å²) in [6, 6.07) is 0. The van der Waals surface area contributed by atoms with E-state index in [0.717, 1.165) is 0 Å². The molecule has 0 fully saturated rings. The zero-order valence-electron chi connectivity index (χ0n) is 5.12. The SMILES string of the molecule is O=C(CC(O)C(=O)OCl)OCl. The predicted molar refractivity (Wildman–Crippen MR) is 34.5 cm³/mol. The van der Waals surface area contributed by atoms with Gasteiger partial charge in [-0.25, -0.2) is 4.79 Å². The maximum atomic E-state index is 10.3. The topological polar surface area (TPSA) is 72.8 Å². The summed E-state index contributed by atoms with van der Waals surface area (Å²) < 4.78 is 7.23. The van der Waals surface area contributed by atoms with Crippen LogP contribution in [0.15, 0.2) is 0 Å². The first-order valence-electron chi connectivity index (χ1n) is 2.43. The van der Waals surface area contributed by atoms with Crippen LogP contribution in [0.1, 0.15) is 6.42 Å². The minimum Gasteiger partial charge on any atom is -0.381 e. The van der Waals surface area contributed by atoms with Gasteiger partial charge in [-0.15, -0.1) is 0 Å². The maximum Gasteiger partial charge on any atom is 0.353 e. The zero-order valence-corrected chi connectivity index (χ0v) is 6.63. The Balaban J connectivity index is 3.77. The number of aliphatic hydroxyl groups is 1. The number of hydrogen-bond acceptors (Lipinski definition) is 5. The molecular weight excluding hydrogens is 199 g/mol. The first kappa shape index (κ1) is 10.5. The highest BCUT2D eigenvalue weighted by molar-refractivity contribution is 6.14. The summed E-state index contributed by atoms with van der Waals surface area (Å²) in [7, 11) is 0. The molecule has 0 aromatic rings. The van der Waals surface area contributed by atoms with Gasteiger partial charge in [0.15, 0.2) is 6.10 Å². The molecule has 5 nitrogen and oxygen atoms in total. The van der Waals surface area contributed by atoms with Gasteiger partial charge < -0.3 is 13.7 Å². The lowest BCUT2D eigenvalue weighted by Gasteiger charge is -2.02. The van der Waals surface area contributed by atoms with Crippen LogP contribution in [-0.4, -0.2) is 23.1 Å². The van der Waals surface area contributed by atoms with Gasteiger partial charge in [0, 0.05) is 0 Å². The van der Waals surface area contributed by atoms with Crippen LogP contribution in [0.4, 0.5) is 0 Å². The average molecular weight is 203 g/mol. The Labute approximate surface area is 72.1 Å². The fourth-order valence-electron chi connectivity index (χ4n) is 0.324. The van der Waals surface area contributed by atoms with Crippen LogP contribution in [0.2, 0.25) is 0 Å². The van der Waals surface area contributed by atoms with Gasteiger partial charge in [0.1, 0.15) is 23.7 Å². The molecule has 1 unspecified atom stereocenters. The van der Waals surface area contributed by atoms with E-state index in [1.54, 1.807) is 0 Å². The summed E-state index contributed by atoms with van der Waals surface area (Å²) in [5, 5.41) is 8.70. The Hall–Kier alpha value is -0.520. The van der Waals surface area contributed by atoms with Gasteiger partial charge in [-0.3, -0.25) is 4.79 Å². The van der Waals surface area contributed by atoms with Crippen LogP contribution < -0.4 is 0 Å². The summed E-state index contributed by atoms with van der Waals surface area (Å²) in [6.45, 7) is 0. The van der Waals surface area contributed by atoms with Crippen molar-refractivity contribution < 1.29 is 23.3 Å². The third-order valence-corrected chi connectivity index (χ3v) is 1.12. The van der Waals surface area contributed by atoms with Gasteiger partial charge in [-0.05, 0) is 0 Å². The monoisotopic (exact) mass is 202 g/mol. The first-order chi connectivity index (χ1) is 5.11. The van der Waals surface area contributed by atoms with E-state index in [0.29, 0.717) is 0 Å². The third kappa shape index (κ3) is 4.02. The zero-order chi connectivity index (χ0) is 8.85. The fourth-order valence-corrected chi connectivity index (χ4v) is 0.490. The fraction of sp³-hybridized carbons (Fsp3) is 0.500. The quantitative estimate of drug-likeness (QED) is 0.705. The van der Waals surface area contributed by atoms with Gasteiger partial charge in [0.2, 0.25) is 0 Å². The molecule has 0 rings (SSSR count). The first-order valence-corrected chi connectivity index (χ1v) is 3.05. The molecule has 0 spiro atoms. The largest absolute Gasteiger partial charge is 0.381 e. The second-order valence-corrected chi connectivity index (χ2v) is 1.87. The van der Waals surface area contributed by atoms with E-state index in [1.807, 2.05) is 0 Å². The summed E-state index contributed by atoms with van der Waals surface area (Å²) >= 11 is 9.18. The van der Waals surface area contributed by atoms with Crippen molar-refractivity contribution in [2.45, 2.75) is 12.5 Å². The van der Waals surface area contributed by atoms with Crippen molar-refractivity contribution in [2.75, 3.05) is 0 Å². The van der Waals surface area contributed by atoms with Crippen LogP contribution in [0.3, 0.4) is 0 Å². The van der Waals surface area contributed by atoms with Crippen LogP contribution in [0, 0.1) is 0 Å². The molecule has 1 atom stereocenters. The van der Waals surface area contributed by atoms with E-state index >= 15 is 0 Å². The standard InChI is InChI=1S/C4H4Cl2O5/c5-10-3(8)1-2(7)4(9)11-6/h2,7H,1H2.